The monoisotopic (exact) mass is 501 g/mol. The number of aliphatic hydroxyl groups is 1. The van der Waals surface area contributed by atoms with E-state index in [0.29, 0.717) is 17.1 Å². The largest absolute Gasteiger partial charge is 0.508 e. The number of carbonyl (C=O) groups is 3. The second-order valence-corrected chi connectivity index (χ2v) is 8.83. The summed E-state index contributed by atoms with van der Waals surface area (Å²) in [7, 11) is 0. The highest BCUT2D eigenvalue weighted by molar-refractivity contribution is 6.51. The molecule has 5 rings (SSSR count). The lowest BCUT2D eigenvalue weighted by atomic mass is 9.95. The van der Waals surface area contributed by atoms with Gasteiger partial charge in [0.15, 0.2) is 11.5 Å². The zero-order chi connectivity index (χ0) is 26.3. The SMILES string of the molecule is CC(C)OC(=O)c1cccc(N2C(=O)C(=O)/C(=C(\O)c3ccc4c(c3)OCO4)C2c2ccc(O)cc2)c1. The molecule has 2 heterocycles. The maximum absolute atomic E-state index is 13.4. The quantitative estimate of drug-likeness (QED) is 0.230. The van der Waals surface area contributed by atoms with E-state index in [4.69, 9.17) is 14.2 Å². The topological polar surface area (TPSA) is 123 Å². The van der Waals surface area contributed by atoms with E-state index in [1.54, 1.807) is 56.3 Å². The number of ether oxygens (including phenoxy) is 3. The van der Waals surface area contributed by atoms with Crippen molar-refractivity contribution in [1.82, 2.24) is 0 Å². The number of phenolic OH excluding ortho intramolecular Hbond substituents is 1. The lowest BCUT2D eigenvalue weighted by molar-refractivity contribution is -0.132. The first-order valence-corrected chi connectivity index (χ1v) is 11.6. The maximum Gasteiger partial charge on any atom is 0.338 e. The lowest BCUT2D eigenvalue weighted by Gasteiger charge is -2.26. The molecule has 2 aliphatic rings. The Morgan fingerprint density at radius 1 is 0.973 bits per heavy atom. The van der Waals surface area contributed by atoms with Crippen LogP contribution in [-0.2, 0) is 14.3 Å². The Labute approximate surface area is 212 Å². The van der Waals surface area contributed by atoms with Gasteiger partial charge in [-0.1, -0.05) is 18.2 Å². The molecule has 1 unspecified atom stereocenters. The van der Waals surface area contributed by atoms with Crippen LogP contribution in [0.1, 0.15) is 41.4 Å². The molecule has 3 aromatic carbocycles. The predicted molar refractivity (Wildman–Crippen MR) is 132 cm³/mol. The molecular formula is C28H23NO8. The second kappa shape index (κ2) is 9.34. The van der Waals surface area contributed by atoms with E-state index in [1.807, 2.05) is 0 Å². The molecule has 0 spiro atoms. The molecule has 0 radical (unpaired) electrons. The summed E-state index contributed by atoms with van der Waals surface area (Å²) < 4.78 is 16.0. The van der Waals surface area contributed by atoms with E-state index in [2.05, 4.69) is 0 Å². The third-order valence-corrected chi connectivity index (χ3v) is 6.00. The standard InChI is InChI=1S/C28H23NO8/c1-15(2)37-28(34)18-4-3-5-19(12-18)29-24(16-6-9-20(30)10-7-16)23(26(32)27(29)33)25(31)17-8-11-21-22(13-17)36-14-35-21/h3-13,15,24,30-31H,14H2,1-2H3/b25-23-. The number of rotatable bonds is 5. The van der Waals surface area contributed by atoms with Gasteiger partial charge in [0.1, 0.15) is 11.5 Å². The number of anilines is 1. The molecule has 1 atom stereocenters. The van der Waals surface area contributed by atoms with Crippen molar-refractivity contribution in [1.29, 1.82) is 0 Å². The van der Waals surface area contributed by atoms with Gasteiger partial charge in [0.2, 0.25) is 6.79 Å². The Morgan fingerprint density at radius 3 is 2.43 bits per heavy atom. The third kappa shape index (κ3) is 4.35. The number of nitrogens with zero attached hydrogens (tertiary/aromatic N) is 1. The average Bonchev–Trinajstić information content (AvgIpc) is 3.45. The average molecular weight is 501 g/mol. The fraction of sp³-hybridized carbons (Fsp3) is 0.179. The molecule has 188 valence electrons. The Kier molecular flexibility index (Phi) is 6.04. The van der Waals surface area contributed by atoms with Gasteiger partial charge in [0, 0.05) is 11.3 Å². The van der Waals surface area contributed by atoms with Crippen LogP contribution in [-0.4, -0.2) is 40.8 Å². The number of phenols is 1. The van der Waals surface area contributed by atoms with Gasteiger partial charge in [-0.15, -0.1) is 0 Å². The van der Waals surface area contributed by atoms with Gasteiger partial charge in [-0.05, 0) is 67.9 Å². The number of esters is 1. The minimum Gasteiger partial charge on any atom is -0.508 e. The number of ketones is 1. The molecule has 0 aliphatic carbocycles. The lowest BCUT2D eigenvalue weighted by Crippen LogP contribution is -2.29. The van der Waals surface area contributed by atoms with Gasteiger partial charge in [-0.3, -0.25) is 14.5 Å². The highest BCUT2D eigenvalue weighted by Gasteiger charge is 2.47. The van der Waals surface area contributed by atoms with E-state index in [9.17, 15) is 24.6 Å². The fourth-order valence-electron chi connectivity index (χ4n) is 4.34. The van der Waals surface area contributed by atoms with Crippen molar-refractivity contribution in [2.24, 2.45) is 0 Å². The molecule has 37 heavy (non-hydrogen) atoms. The number of hydrogen-bond donors (Lipinski definition) is 2. The molecule has 1 amide bonds. The fourth-order valence-corrected chi connectivity index (χ4v) is 4.34. The Hall–Kier alpha value is -4.79. The molecule has 9 nitrogen and oxygen atoms in total. The molecule has 0 aromatic heterocycles. The maximum atomic E-state index is 13.4. The summed E-state index contributed by atoms with van der Waals surface area (Å²) in [5, 5.41) is 21.1. The number of Topliss-reactive ketones (excluding diaryl/α,β-unsaturated/α-hetero) is 1. The van der Waals surface area contributed by atoms with Crippen LogP contribution in [0.5, 0.6) is 17.2 Å². The summed E-state index contributed by atoms with van der Waals surface area (Å²) in [4.78, 5) is 40.5. The third-order valence-electron chi connectivity index (χ3n) is 6.00. The van der Waals surface area contributed by atoms with E-state index < -0.39 is 29.5 Å². The Morgan fingerprint density at radius 2 is 1.70 bits per heavy atom. The van der Waals surface area contributed by atoms with E-state index in [0.717, 1.165) is 0 Å². The van der Waals surface area contributed by atoms with Gasteiger partial charge < -0.3 is 24.4 Å². The number of fused-ring (bicyclic) bond motifs is 1. The number of carbonyl (C=O) groups excluding carboxylic acids is 3. The highest BCUT2D eigenvalue weighted by atomic mass is 16.7. The van der Waals surface area contributed by atoms with Crippen LogP contribution >= 0.6 is 0 Å². The van der Waals surface area contributed by atoms with Crippen LogP contribution in [0, 0.1) is 0 Å². The van der Waals surface area contributed by atoms with Gasteiger partial charge in [0.25, 0.3) is 11.7 Å². The van der Waals surface area contributed by atoms with E-state index in [1.165, 1.54) is 29.2 Å². The zero-order valence-corrected chi connectivity index (χ0v) is 20.0. The number of amides is 1. The molecule has 2 aliphatic heterocycles. The van der Waals surface area contributed by atoms with Gasteiger partial charge in [-0.25, -0.2) is 4.79 Å². The molecule has 1 fully saturated rings. The summed E-state index contributed by atoms with van der Waals surface area (Å²) >= 11 is 0. The first-order valence-electron chi connectivity index (χ1n) is 11.6. The van der Waals surface area contributed by atoms with Gasteiger partial charge in [-0.2, -0.15) is 0 Å². The Bertz CT molecular complexity index is 1440. The first-order chi connectivity index (χ1) is 17.7. The first kappa shape index (κ1) is 23.9. The molecule has 3 aromatic rings. The van der Waals surface area contributed by atoms with Gasteiger partial charge >= 0.3 is 5.97 Å². The Balaban J connectivity index is 1.65. The van der Waals surface area contributed by atoms with Crippen LogP contribution in [0.25, 0.3) is 5.76 Å². The van der Waals surface area contributed by atoms with Crippen molar-refractivity contribution in [2.45, 2.75) is 26.0 Å². The predicted octanol–water partition coefficient (Wildman–Crippen LogP) is 4.31. The van der Waals surface area contributed by atoms with Crippen molar-refractivity contribution in [3.63, 3.8) is 0 Å². The van der Waals surface area contributed by atoms with Crippen molar-refractivity contribution in [3.05, 3.63) is 89.0 Å². The van der Waals surface area contributed by atoms with Crippen molar-refractivity contribution in [3.8, 4) is 17.2 Å². The second-order valence-electron chi connectivity index (χ2n) is 8.83. The minimum atomic E-state index is -1.04. The van der Waals surface area contributed by atoms with Crippen molar-refractivity contribution >= 4 is 29.1 Å². The molecule has 0 bridgehead atoms. The molecule has 1 saturated heterocycles. The van der Waals surface area contributed by atoms with Crippen LogP contribution in [0.2, 0.25) is 0 Å². The van der Waals surface area contributed by atoms with Crippen molar-refractivity contribution in [2.75, 3.05) is 11.7 Å². The van der Waals surface area contributed by atoms with Crippen LogP contribution in [0.4, 0.5) is 5.69 Å². The highest BCUT2D eigenvalue weighted by Crippen LogP contribution is 2.43. The molecule has 2 N–H and O–H groups in total. The number of aliphatic hydroxyl groups excluding tert-OH is 1. The normalized spacial score (nSPS) is 17.9. The number of aromatic hydroxyl groups is 1. The number of hydrogen-bond acceptors (Lipinski definition) is 8. The van der Waals surface area contributed by atoms with Crippen LogP contribution in [0.3, 0.4) is 0 Å². The zero-order valence-electron chi connectivity index (χ0n) is 20.0. The van der Waals surface area contributed by atoms with Gasteiger partial charge in [0.05, 0.1) is 23.3 Å². The molecular weight excluding hydrogens is 478 g/mol. The summed E-state index contributed by atoms with van der Waals surface area (Å²) in [6, 6.07) is 15.8. The minimum absolute atomic E-state index is 0.00472. The van der Waals surface area contributed by atoms with E-state index in [-0.39, 0.29) is 41.0 Å². The summed E-state index contributed by atoms with van der Waals surface area (Å²) in [5.74, 6) is -1.86. The van der Waals surface area contributed by atoms with Crippen LogP contribution < -0.4 is 14.4 Å². The van der Waals surface area contributed by atoms with Crippen LogP contribution in [0.15, 0.2) is 72.3 Å². The molecule has 9 heteroatoms. The van der Waals surface area contributed by atoms with E-state index >= 15 is 0 Å². The smallest absolute Gasteiger partial charge is 0.338 e. The summed E-state index contributed by atoms with van der Waals surface area (Å²) in [6.45, 7) is 3.48. The van der Waals surface area contributed by atoms with Crippen molar-refractivity contribution < 1.29 is 38.8 Å². The molecule has 0 saturated carbocycles. The number of benzene rings is 3. The summed E-state index contributed by atoms with van der Waals surface area (Å²) in [5.41, 5.74) is 1.05. The summed E-state index contributed by atoms with van der Waals surface area (Å²) in [6.07, 6.45) is -0.343.